The Morgan fingerprint density at radius 3 is 2.21 bits per heavy atom. The molecule has 0 saturated carbocycles. The molecule has 9 nitrogen and oxygen atoms in total. The first-order valence-electron chi connectivity index (χ1n) is 12.9. The molecule has 1 heterocycles. The lowest BCUT2D eigenvalue weighted by atomic mass is 10.0. The van der Waals surface area contributed by atoms with Crippen LogP contribution in [0.5, 0.6) is 0 Å². The predicted molar refractivity (Wildman–Crippen MR) is 147 cm³/mol. The first kappa shape index (κ1) is 29.5. The molecule has 0 aliphatic heterocycles. The largest absolute Gasteiger partial charge is 0.477 e. The van der Waals surface area contributed by atoms with Gasteiger partial charge in [-0.15, -0.1) is 0 Å². The molecule has 39 heavy (non-hydrogen) atoms. The fraction of sp³-hybridized carbons (Fsp3) is 0.310. The van der Waals surface area contributed by atoms with Gasteiger partial charge in [0.05, 0.1) is 10.5 Å². The minimum Gasteiger partial charge on any atom is -0.477 e. The first-order valence-corrected chi connectivity index (χ1v) is 14.4. The van der Waals surface area contributed by atoms with Gasteiger partial charge in [0.2, 0.25) is 0 Å². The maximum atomic E-state index is 12.8. The molecule has 2 amide bonds. The lowest BCUT2D eigenvalue weighted by Crippen LogP contribution is -2.31. The molecule has 1 aromatic heterocycles. The summed E-state index contributed by atoms with van der Waals surface area (Å²) in [5.41, 5.74) is 1.70. The highest BCUT2D eigenvalue weighted by Crippen LogP contribution is 2.16. The lowest BCUT2D eigenvalue weighted by molar-refractivity contribution is 0.0688. The van der Waals surface area contributed by atoms with E-state index in [1.165, 1.54) is 35.9 Å². The van der Waals surface area contributed by atoms with Gasteiger partial charge in [-0.05, 0) is 73.6 Å². The number of hydrogen-bond donors (Lipinski definition) is 3. The number of sulfonamides is 1. The smallest absolute Gasteiger partial charge is 0.354 e. The third kappa shape index (κ3) is 8.75. The Morgan fingerprint density at radius 2 is 1.54 bits per heavy atom. The number of amides is 2. The summed E-state index contributed by atoms with van der Waals surface area (Å²) in [4.78, 5) is 40.3. The fourth-order valence-corrected chi connectivity index (χ4v) is 4.99. The standard InChI is InChI=1S/C29H33N3O6S/c1-2-3-5-13-23-19-24(20-31-26(23)29(35)36)28(34)32-39(37,38)25-16-14-22(15-17-25)27(33)30-18-9-8-12-21-10-6-4-7-11-21/h4,6-7,10-11,14-17,19-20H,2-3,5,8-9,12-13,18H2,1H3,(H,30,33)(H,32,34)(H,35,36). The van der Waals surface area contributed by atoms with Crippen molar-refractivity contribution in [2.45, 2.75) is 56.8 Å². The number of aromatic carboxylic acids is 1. The summed E-state index contributed by atoms with van der Waals surface area (Å²) < 4.78 is 27.6. The second-order valence-electron chi connectivity index (χ2n) is 9.15. The Labute approximate surface area is 228 Å². The topological polar surface area (TPSA) is 143 Å². The van der Waals surface area contributed by atoms with Crippen molar-refractivity contribution < 1.29 is 27.9 Å². The molecule has 0 saturated heterocycles. The molecule has 0 radical (unpaired) electrons. The monoisotopic (exact) mass is 551 g/mol. The number of aromatic nitrogens is 1. The summed E-state index contributed by atoms with van der Waals surface area (Å²) >= 11 is 0. The molecule has 3 rings (SSSR count). The van der Waals surface area contributed by atoms with E-state index < -0.39 is 21.9 Å². The molecular formula is C29H33N3O6S. The van der Waals surface area contributed by atoms with Crippen molar-refractivity contribution >= 4 is 27.8 Å². The van der Waals surface area contributed by atoms with Crippen LogP contribution in [0.3, 0.4) is 0 Å². The number of nitrogens with one attached hydrogen (secondary N) is 2. The van der Waals surface area contributed by atoms with Gasteiger partial charge >= 0.3 is 5.97 Å². The second-order valence-corrected chi connectivity index (χ2v) is 10.8. The van der Waals surface area contributed by atoms with Crippen molar-refractivity contribution in [1.29, 1.82) is 0 Å². The van der Waals surface area contributed by atoms with E-state index >= 15 is 0 Å². The predicted octanol–water partition coefficient (Wildman–Crippen LogP) is 4.38. The van der Waals surface area contributed by atoms with Crippen LogP contribution >= 0.6 is 0 Å². The van der Waals surface area contributed by atoms with Gasteiger partial charge in [0.25, 0.3) is 21.8 Å². The number of benzene rings is 2. The molecule has 0 unspecified atom stereocenters. The van der Waals surface area contributed by atoms with Crippen LogP contribution in [0.25, 0.3) is 0 Å². The number of carboxylic acids is 1. The van der Waals surface area contributed by atoms with Crippen molar-refractivity contribution in [3.8, 4) is 0 Å². The minimum absolute atomic E-state index is 0.0571. The average molecular weight is 552 g/mol. The molecular weight excluding hydrogens is 518 g/mol. The summed E-state index contributed by atoms with van der Waals surface area (Å²) in [5.74, 6) is -2.45. The molecule has 0 bridgehead atoms. The van der Waals surface area contributed by atoms with Gasteiger partial charge in [0, 0.05) is 18.3 Å². The van der Waals surface area contributed by atoms with E-state index in [4.69, 9.17) is 0 Å². The van der Waals surface area contributed by atoms with Gasteiger partial charge in [0.15, 0.2) is 5.69 Å². The summed E-state index contributed by atoms with van der Waals surface area (Å²) in [6, 6.07) is 16.7. The van der Waals surface area contributed by atoms with E-state index in [1.807, 2.05) is 29.8 Å². The molecule has 0 aliphatic carbocycles. The van der Waals surface area contributed by atoms with Gasteiger partial charge in [-0.2, -0.15) is 0 Å². The number of carbonyl (C=O) groups excluding carboxylic acids is 2. The first-order chi connectivity index (χ1) is 18.7. The maximum absolute atomic E-state index is 12.8. The van der Waals surface area contributed by atoms with Gasteiger partial charge in [-0.3, -0.25) is 9.59 Å². The molecule has 206 valence electrons. The van der Waals surface area contributed by atoms with Gasteiger partial charge < -0.3 is 10.4 Å². The lowest BCUT2D eigenvalue weighted by Gasteiger charge is -2.10. The highest BCUT2D eigenvalue weighted by Gasteiger charge is 2.21. The Morgan fingerprint density at radius 1 is 0.846 bits per heavy atom. The van der Waals surface area contributed by atoms with Crippen molar-refractivity contribution in [3.63, 3.8) is 0 Å². The highest BCUT2D eigenvalue weighted by molar-refractivity contribution is 7.90. The third-order valence-corrected chi connectivity index (χ3v) is 7.50. The van der Waals surface area contributed by atoms with Crippen LogP contribution in [0.1, 0.15) is 81.4 Å². The third-order valence-electron chi connectivity index (χ3n) is 6.16. The van der Waals surface area contributed by atoms with E-state index in [2.05, 4.69) is 22.4 Å². The minimum atomic E-state index is -4.24. The number of carbonyl (C=O) groups is 3. The van der Waals surface area contributed by atoms with Gasteiger partial charge in [-0.1, -0.05) is 50.1 Å². The number of rotatable bonds is 14. The number of unbranched alkanes of at least 4 members (excludes halogenated alkanes) is 3. The van der Waals surface area contributed by atoms with Crippen molar-refractivity contribution in [1.82, 2.24) is 15.0 Å². The summed E-state index contributed by atoms with van der Waals surface area (Å²) in [5, 5.41) is 12.2. The normalized spacial score (nSPS) is 11.1. The Bertz CT molecular complexity index is 1390. The zero-order valence-corrected chi connectivity index (χ0v) is 22.7. The van der Waals surface area contributed by atoms with Crippen molar-refractivity contribution in [2.75, 3.05) is 6.54 Å². The van der Waals surface area contributed by atoms with Crippen molar-refractivity contribution in [2.24, 2.45) is 0 Å². The Kier molecular flexibility index (Phi) is 10.7. The van der Waals surface area contributed by atoms with Crippen LogP contribution in [0.4, 0.5) is 0 Å². The summed E-state index contributed by atoms with van der Waals surface area (Å²) in [7, 11) is -4.24. The number of aryl methyl sites for hydroxylation is 2. The van der Waals surface area contributed by atoms with E-state index in [9.17, 15) is 27.9 Å². The molecule has 2 aromatic carbocycles. The number of hydrogen-bond acceptors (Lipinski definition) is 6. The molecule has 0 atom stereocenters. The van der Waals surface area contributed by atoms with Crippen LogP contribution in [-0.4, -0.2) is 42.8 Å². The summed E-state index contributed by atoms with van der Waals surface area (Å²) in [6.45, 7) is 2.51. The van der Waals surface area contributed by atoms with Crippen LogP contribution in [0, 0.1) is 0 Å². The van der Waals surface area contributed by atoms with E-state index in [0.29, 0.717) is 24.1 Å². The molecule has 0 aliphatic rings. The zero-order valence-electron chi connectivity index (χ0n) is 21.9. The number of nitrogens with zero attached hydrogens (tertiary/aromatic N) is 1. The van der Waals surface area contributed by atoms with Crippen LogP contribution in [-0.2, 0) is 22.9 Å². The Hall–Kier alpha value is -4.05. The summed E-state index contributed by atoms with van der Waals surface area (Å²) in [6.07, 6.45) is 6.65. The van der Waals surface area contributed by atoms with Crippen molar-refractivity contribution in [3.05, 3.63) is 94.8 Å². The highest BCUT2D eigenvalue weighted by atomic mass is 32.2. The van der Waals surface area contributed by atoms with E-state index in [0.717, 1.165) is 44.7 Å². The molecule has 10 heteroatoms. The van der Waals surface area contributed by atoms with Gasteiger partial charge in [-0.25, -0.2) is 22.9 Å². The van der Waals surface area contributed by atoms with Crippen LogP contribution < -0.4 is 10.0 Å². The fourth-order valence-electron chi connectivity index (χ4n) is 4.01. The molecule has 3 N–H and O–H groups in total. The van der Waals surface area contributed by atoms with Crippen LogP contribution in [0.15, 0.2) is 71.8 Å². The number of pyridine rings is 1. The Balaban J connectivity index is 1.57. The van der Waals surface area contributed by atoms with E-state index in [1.54, 1.807) is 0 Å². The second kappa shape index (κ2) is 14.2. The van der Waals surface area contributed by atoms with Crippen LogP contribution in [0.2, 0.25) is 0 Å². The molecule has 3 aromatic rings. The quantitative estimate of drug-likeness (QED) is 0.252. The molecule has 0 fully saturated rings. The zero-order chi connectivity index (χ0) is 28.3. The number of carboxylic acid groups (broad SMARTS) is 1. The van der Waals surface area contributed by atoms with E-state index in [-0.39, 0.29) is 22.1 Å². The maximum Gasteiger partial charge on any atom is 0.354 e. The average Bonchev–Trinajstić information content (AvgIpc) is 2.93. The SMILES string of the molecule is CCCCCc1cc(C(=O)NS(=O)(=O)c2ccc(C(=O)NCCCCc3ccccc3)cc2)cnc1C(=O)O. The molecule has 0 spiro atoms. The van der Waals surface area contributed by atoms with Gasteiger partial charge in [0.1, 0.15) is 0 Å².